The van der Waals surface area contributed by atoms with Gasteiger partial charge in [0.05, 0.1) is 4.90 Å². The van der Waals surface area contributed by atoms with Crippen LogP contribution in [0, 0.1) is 0 Å². The van der Waals surface area contributed by atoms with E-state index in [1.165, 1.54) is 6.07 Å². The molecule has 0 amide bonds. The summed E-state index contributed by atoms with van der Waals surface area (Å²) >= 11 is 5.09. The summed E-state index contributed by atoms with van der Waals surface area (Å²) in [5.74, 6) is -1.33. The lowest BCUT2D eigenvalue weighted by molar-refractivity contribution is -0.116. The molecule has 0 fully saturated rings. The molecule has 1 aromatic carbocycles. The summed E-state index contributed by atoms with van der Waals surface area (Å²) in [5.41, 5.74) is -4.91. The van der Waals surface area contributed by atoms with Gasteiger partial charge in [0, 0.05) is 5.56 Å². The standard InChI is InChI=1S/C11H8ClF5O2S/c1-5(18)8(12)6-3-2-4-7(20-11(15,16)17)9(6)19-10(13)14/h2-4,8,10H,1H3. The van der Waals surface area contributed by atoms with Gasteiger partial charge in [-0.25, -0.2) is 0 Å². The van der Waals surface area contributed by atoms with Crippen LogP contribution in [0.1, 0.15) is 17.9 Å². The summed E-state index contributed by atoms with van der Waals surface area (Å²) in [7, 11) is 0. The SMILES string of the molecule is CC(=O)C(Cl)c1cccc(SC(F)(F)F)c1OC(F)F. The van der Waals surface area contributed by atoms with E-state index in [0.717, 1.165) is 19.1 Å². The summed E-state index contributed by atoms with van der Waals surface area (Å²) < 4.78 is 65.9. The molecule has 112 valence electrons. The van der Waals surface area contributed by atoms with Gasteiger partial charge >= 0.3 is 12.1 Å². The van der Waals surface area contributed by atoms with Gasteiger partial charge in [-0.1, -0.05) is 12.1 Å². The molecule has 20 heavy (non-hydrogen) atoms. The van der Waals surface area contributed by atoms with E-state index in [2.05, 4.69) is 4.74 Å². The van der Waals surface area contributed by atoms with Gasteiger partial charge in [0.15, 0.2) is 5.78 Å². The largest absolute Gasteiger partial charge is 0.446 e. The molecule has 0 aromatic heterocycles. The van der Waals surface area contributed by atoms with Crippen LogP contribution >= 0.6 is 23.4 Å². The lowest BCUT2D eigenvalue weighted by Gasteiger charge is -2.17. The molecule has 0 spiro atoms. The van der Waals surface area contributed by atoms with Crippen molar-refractivity contribution in [1.29, 1.82) is 0 Å². The van der Waals surface area contributed by atoms with Crippen molar-refractivity contribution >= 4 is 29.1 Å². The minimum absolute atomic E-state index is 0.228. The highest BCUT2D eigenvalue weighted by molar-refractivity contribution is 8.00. The van der Waals surface area contributed by atoms with Crippen LogP contribution in [-0.2, 0) is 4.79 Å². The van der Waals surface area contributed by atoms with Crippen LogP contribution in [0.2, 0.25) is 0 Å². The van der Waals surface area contributed by atoms with E-state index in [1.807, 2.05) is 0 Å². The molecule has 0 aliphatic rings. The van der Waals surface area contributed by atoms with Crippen LogP contribution in [0.4, 0.5) is 22.0 Å². The minimum Gasteiger partial charge on any atom is -0.433 e. The maximum atomic E-state index is 12.4. The Bertz CT molecular complexity index is 492. The predicted octanol–water partition coefficient (Wildman–Crippen LogP) is 4.77. The van der Waals surface area contributed by atoms with E-state index >= 15 is 0 Å². The number of ether oxygens (including phenoxy) is 1. The molecular formula is C11H8ClF5O2S. The Hall–Kier alpha value is -1.02. The van der Waals surface area contributed by atoms with Crippen LogP contribution in [0.25, 0.3) is 0 Å². The van der Waals surface area contributed by atoms with E-state index in [1.54, 1.807) is 0 Å². The second-order valence-electron chi connectivity index (χ2n) is 3.57. The first-order valence-electron chi connectivity index (χ1n) is 5.10. The maximum Gasteiger partial charge on any atom is 0.446 e. The third-order valence-electron chi connectivity index (χ3n) is 2.07. The number of carbonyl (C=O) groups excluding carboxylic acids is 1. The van der Waals surface area contributed by atoms with Crippen molar-refractivity contribution in [3.8, 4) is 5.75 Å². The second kappa shape index (κ2) is 6.62. The lowest BCUT2D eigenvalue weighted by Crippen LogP contribution is -2.11. The van der Waals surface area contributed by atoms with E-state index in [0.29, 0.717) is 0 Å². The Morgan fingerprint density at radius 2 is 1.95 bits per heavy atom. The summed E-state index contributed by atoms with van der Waals surface area (Å²) in [5, 5.41) is -1.36. The topological polar surface area (TPSA) is 26.3 Å². The van der Waals surface area contributed by atoms with E-state index < -0.39 is 45.7 Å². The number of ketones is 1. The molecule has 0 saturated carbocycles. The highest BCUT2D eigenvalue weighted by atomic mass is 35.5. The van der Waals surface area contributed by atoms with Crippen molar-refractivity contribution in [2.45, 2.75) is 29.3 Å². The number of hydrogen-bond donors (Lipinski definition) is 0. The van der Waals surface area contributed by atoms with Crippen LogP contribution < -0.4 is 4.74 Å². The fourth-order valence-electron chi connectivity index (χ4n) is 1.37. The zero-order chi connectivity index (χ0) is 15.5. The van der Waals surface area contributed by atoms with Gasteiger partial charge in [0.25, 0.3) is 0 Å². The van der Waals surface area contributed by atoms with Gasteiger partial charge in [-0.05, 0) is 24.8 Å². The van der Waals surface area contributed by atoms with Crippen molar-refractivity contribution in [2.24, 2.45) is 0 Å². The average Bonchev–Trinajstić information content (AvgIpc) is 2.27. The average molecular weight is 335 g/mol. The van der Waals surface area contributed by atoms with Crippen LogP contribution in [0.3, 0.4) is 0 Å². The lowest BCUT2D eigenvalue weighted by atomic mass is 10.1. The summed E-state index contributed by atoms with van der Waals surface area (Å²) in [4.78, 5) is 10.6. The molecular weight excluding hydrogens is 327 g/mol. The van der Waals surface area contributed by atoms with E-state index in [-0.39, 0.29) is 5.56 Å². The predicted molar refractivity (Wildman–Crippen MR) is 64.3 cm³/mol. The molecule has 0 aliphatic heterocycles. The second-order valence-corrected chi connectivity index (χ2v) is 5.12. The smallest absolute Gasteiger partial charge is 0.433 e. The van der Waals surface area contributed by atoms with Crippen molar-refractivity contribution in [3.05, 3.63) is 23.8 Å². The molecule has 1 rings (SSSR count). The fourth-order valence-corrected chi connectivity index (χ4v) is 2.20. The molecule has 0 heterocycles. The molecule has 1 unspecified atom stereocenters. The first kappa shape index (κ1) is 17.0. The number of alkyl halides is 6. The zero-order valence-corrected chi connectivity index (χ0v) is 11.5. The van der Waals surface area contributed by atoms with Gasteiger partial charge in [0.1, 0.15) is 11.1 Å². The van der Waals surface area contributed by atoms with Crippen molar-refractivity contribution < 1.29 is 31.5 Å². The number of hydrogen-bond acceptors (Lipinski definition) is 3. The number of carbonyl (C=O) groups is 1. The number of thioether (sulfide) groups is 1. The summed E-state index contributed by atoms with van der Waals surface area (Å²) in [6, 6.07) is 3.31. The van der Waals surface area contributed by atoms with Gasteiger partial charge in [-0.3, -0.25) is 4.79 Å². The third-order valence-corrected chi connectivity index (χ3v) is 3.39. The first-order chi connectivity index (χ1) is 9.11. The molecule has 0 aliphatic carbocycles. The number of halogens is 6. The summed E-state index contributed by atoms with van der Waals surface area (Å²) in [6.45, 7) is -2.24. The molecule has 1 aromatic rings. The number of benzene rings is 1. The van der Waals surface area contributed by atoms with Crippen molar-refractivity contribution in [1.82, 2.24) is 0 Å². The highest BCUT2D eigenvalue weighted by Gasteiger charge is 2.33. The number of rotatable bonds is 5. The molecule has 1 atom stereocenters. The third kappa shape index (κ3) is 4.82. The number of para-hydroxylation sites is 1. The van der Waals surface area contributed by atoms with Crippen LogP contribution in [0.15, 0.2) is 23.1 Å². The molecule has 0 N–H and O–H groups in total. The normalized spacial score (nSPS) is 13.4. The van der Waals surface area contributed by atoms with Crippen molar-refractivity contribution in [2.75, 3.05) is 0 Å². The van der Waals surface area contributed by atoms with Crippen molar-refractivity contribution in [3.63, 3.8) is 0 Å². The number of Topliss-reactive ketones (excluding diaryl/α,β-unsaturated/α-hetero) is 1. The first-order valence-corrected chi connectivity index (χ1v) is 6.35. The quantitative estimate of drug-likeness (QED) is 0.441. The molecule has 0 saturated heterocycles. The molecule has 0 radical (unpaired) electrons. The van der Waals surface area contributed by atoms with Gasteiger partial charge in [0.2, 0.25) is 0 Å². The van der Waals surface area contributed by atoms with Crippen LogP contribution in [0.5, 0.6) is 5.75 Å². The monoisotopic (exact) mass is 334 g/mol. The Morgan fingerprint density at radius 3 is 2.40 bits per heavy atom. The molecule has 9 heteroatoms. The zero-order valence-electron chi connectivity index (χ0n) is 9.88. The minimum atomic E-state index is -4.68. The van der Waals surface area contributed by atoms with Gasteiger partial charge < -0.3 is 4.74 Å². The Morgan fingerprint density at radius 1 is 1.35 bits per heavy atom. The summed E-state index contributed by atoms with van der Waals surface area (Å²) in [6.07, 6.45) is 0. The molecule has 2 nitrogen and oxygen atoms in total. The Balaban J connectivity index is 3.30. The highest BCUT2D eigenvalue weighted by Crippen LogP contribution is 2.45. The van der Waals surface area contributed by atoms with Crippen LogP contribution in [-0.4, -0.2) is 17.9 Å². The Labute approximate surface area is 120 Å². The molecule has 0 bridgehead atoms. The van der Waals surface area contributed by atoms with E-state index in [4.69, 9.17) is 11.6 Å². The Kier molecular flexibility index (Phi) is 5.64. The van der Waals surface area contributed by atoms with Gasteiger partial charge in [-0.15, -0.1) is 11.6 Å². The maximum absolute atomic E-state index is 12.4. The fraction of sp³-hybridized carbons (Fsp3) is 0.364. The van der Waals surface area contributed by atoms with E-state index in [9.17, 15) is 26.7 Å². The van der Waals surface area contributed by atoms with Gasteiger partial charge in [-0.2, -0.15) is 22.0 Å².